The van der Waals surface area contributed by atoms with Gasteiger partial charge in [0.05, 0.1) is 16.1 Å². The molecule has 0 atom stereocenters. The Balaban J connectivity index is 2.03. The zero-order valence-corrected chi connectivity index (χ0v) is 15.7. The molecule has 4 aromatic rings. The van der Waals surface area contributed by atoms with Crippen molar-refractivity contribution in [1.29, 1.82) is 10.5 Å². The quantitative estimate of drug-likeness (QED) is 0.316. The molecule has 0 heterocycles. The van der Waals surface area contributed by atoms with Crippen LogP contribution in [0.2, 0.25) is 0 Å². The fourth-order valence-electron chi connectivity index (χ4n) is 3.41. The minimum Gasteiger partial charge on any atom is -0.304 e. The summed E-state index contributed by atoms with van der Waals surface area (Å²) in [4.78, 5) is 13.1. The number of fused-ring (bicyclic) bond motifs is 1. The van der Waals surface area contributed by atoms with Crippen LogP contribution in [-0.2, 0) is 0 Å². The smallest absolute Gasteiger partial charge is 0.294 e. The lowest BCUT2D eigenvalue weighted by Crippen LogP contribution is -2.12. The molecule has 0 bridgehead atoms. The Kier molecular flexibility index (Phi) is 4.82. The van der Waals surface area contributed by atoms with Crippen LogP contribution in [0.4, 0.5) is 22.7 Å². The summed E-state index contributed by atoms with van der Waals surface area (Å²) in [7, 11) is 0. The van der Waals surface area contributed by atoms with Crippen LogP contribution in [0.5, 0.6) is 0 Å². The first-order chi connectivity index (χ1) is 14.6. The van der Waals surface area contributed by atoms with Crippen molar-refractivity contribution in [3.63, 3.8) is 0 Å². The van der Waals surface area contributed by atoms with Gasteiger partial charge in [-0.05, 0) is 41.1 Å². The fraction of sp³-hybridized carbons (Fsp3) is 0. The number of hydrogen-bond donors (Lipinski definition) is 0. The lowest BCUT2D eigenvalue weighted by molar-refractivity contribution is -0.384. The van der Waals surface area contributed by atoms with Crippen molar-refractivity contribution in [3.05, 3.63) is 106 Å². The first-order valence-corrected chi connectivity index (χ1v) is 9.09. The molecule has 30 heavy (non-hydrogen) atoms. The summed E-state index contributed by atoms with van der Waals surface area (Å²) in [6.45, 7) is 0. The summed E-state index contributed by atoms with van der Waals surface area (Å²) in [5, 5.41) is 32.7. The number of hydrogen-bond acceptors (Lipinski definition) is 5. The van der Waals surface area contributed by atoms with E-state index in [0.29, 0.717) is 11.4 Å². The lowest BCUT2D eigenvalue weighted by atomic mass is 10.0. The molecule has 4 rings (SSSR count). The molecule has 0 fully saturated rings. The topological polar surface area (TPSA) is 94.0 Å². The van der Waals surface area contributed by atoms with Gasteiger partial charge in [0, 0.05) is 17.4 Å². The van der Waals surface area contributed by atoms with Gasteiger partial charge in [-0.1, -0.05) is 48.5 Å². The highest BCUT2D eigenvalue weighted by atomic mass is 16.6. The first kappa shape index (κ1) is 18.7. The first-order valence-electron chi connectivity index (χ1n) is 9.09. The molecule has 4 aromatic carbocycles. The molecular formula is C24H14N4O2. The van der Waals surface area contributed by atoms with E-state index in [1.807, 2.05) is 84.9 Å². The summed E-state index contributed by atoms with van der Waals surface area (Å²) >= 11 is 0. The Bertz CT molecular complexity index is 1350. The minimum absolute atomic E-state index is 0.0283. The molecule has 0 spiro atoms. The molecule has 0 radical (unpaired) electrons. The zero-order chi connectivity index (χ0) is 21.1. The molecule has 0 amide bonds. The molecule has 142 valence electrons. The number of nitrogens with zero attached hydrogens (tertiary/aromatic N) is 4. The largest absolute Gasteiger partial charge is 0.304 e. The van der Waals surface area contributed by atoms with Crippen LogP contribution in [0.25, 0.3) is 10.8 Å². The molecule has 0 saturated heterocycles. The van der Waals surface area contributed by atoms with Crippen LogP contribution in [0.3, 0.4) is 0 Å². The van der Waals surface area contributed by atoms with E-state index in [4.69, 9.17) is 0 Å². The van der Waals surface area contributed by atoms with E-state index in [1.165, 1.54) is 6.07 Å². The van der Waals surface area contributed by atoms with Gasteiger partial charge in [0.1, 0.15) is 17.8 Å². The highest BCUT2D eigenvalue weighted by molar-refractivity contribution is 5.91. The summed E-state index contributed by atoms with van der Waals surface area (Å²) in [5.41, 5.74) is 1.43. The van der Waals surface area contributed by atoms with E-state index in [-0.39, 0.29) is 22.5 Å². The molecule has 0 aliphatic heterocycles. The SMILES string of the molecule is N#Cc1cc(N(c2ccccc2)c2ccc3ccccc3c2)c([N+](=O)[O-])cc1C#N. The van der Waals surface area contributed by atoms with Crippen molar-refractivity contribution in [1.82, 2.24) is 0 Å². The van der Waals surface area contributed by atoms with Gasteiger partial charge in [0.15, 0.2) is 0 Å². The van der Waals surface area contributed by atoms with Gasteiger partial charge in [-0.25, -0.2) is 0 Å². The third-order valence-electron chi connectivity index (χ3n) is 4.80. The van der Waals surface area contributed by atoms with Gasteiger partial charge in [-0.2, -0.15) is 10.5 Å². The van der Waals surface area contributed by atoms with Crippen molar-refractivity contribution >= 4 is 33.5 Å². The van der Waals surface area contributed by atoms with Crippen molar-refractivity contribution in [2.24, 2.45) is 0 Å². The van der Waals surface area contributed by atoms with Crippen molar-refractivity contribution in [2.75, 3.05) is 4.90 Å². The number of anilines is 3. The van der Waals surface area contributed by atoms with Gasteiger partial charge < -0.3 is 4.90 Å². The number of nitro benzene ring substituents is 1. The molecular weight excluding hydrogens is 376 g/mol. The van der Waals surface area contributed by atoms with Gasteiger partial charge in [-0.3, -0.25) is 10.1 Å². The molecule has 6 nitrogen and oxygen atoms in total. The number of nitriles is 2. The molecule has 0 unspecified atom stereocenters. The summed E-state index contributed by atoms with van der Waals surface area (Å²) in [5.74, 6) is 0. The van der Waals surface area contributed by atoms with Crippen LogP contribution < -0.4 is 4.90 Å². The molecule has 0 aliphatic carbocycles. The van der Waals surface area contributed by atoms with E-state index in [9.17, 15) is 20.6 Å². The molecule has 0 aliphatic rings. The zero-order valence-electron chi connectivity index (χ0n) is 15.7. The van der Waals surface area contributed by atoms with Crippen LogP contribution in [0, 0.1) is 32.8 Å². The van der Waals surface area contributed by atoms with Crippen molar-refractivity contribution in [2.45, 2.75) is 0 Å². The summed E-state index contributed by atoms with van der Waals surface area (Å²) in [6.07, 6.45) is 0. The molecule has 0 saturated carbocycles. The Labute approximate surface area is 172 Å². The van der Waals surface area contributed by atoms with Gasteiger partial charge in [-0.15, -0.1) is 0 Å². The van der Waals surface area contributed by atoms with E-state index >= 15 is 0 Å². The standard InChI is InChI=1S/C24H14N4O2/c25-15-19-13-23(24(28(29)30)14-20(19)16-26)27(21-8-2-1-3-9-21)22-11-10-17-6-4-5-7-18(17)12-22/h1-14H. The summed E-state index contributed by atoms with van der Waals surface area (Å²) in [6, 6.07) is 29.2. The normalized spacial score (nSPS) is 10.2. The molecule has 0 aromatic heterocycles. The number of rotatable bonds is 4. The van der Waals surface area contributed by atoms with E-state index in [2.05, 4.69) is 0 Å². The second-order valence-electron chi connectivity index (χ2n) is 6.57. The monoisotopic (exact) mass is 390 g/mol. The highest BCUT2D eigenvalue weighted by Gasteiger charge is 2.25. The maximum absolute atomic E-state index is 11.9. The maximum Gasteiger partial charge on any atom is 0.294 e. The predicted octanol–water partition coefficient (Wildman–Crippen LogP) is 5.96. The average Bonchev–Trinajstić information content (AvgIpc) is 2.79. The number of para-hydroxylation sites is 1. The third-order valence-corrected chi connectivity index (χ3v) is 4.80. The summed E-state index contributed by atoms with van der Waals surface area (Å²) < 4.78 is 0. The average molecular weight is 390 g/mol. The lowest BCUT2D eigenvalue weighted by Gasteiger charge is -2.25. The fourth-order valence-corrected chi connectivity index (χ4v) is 3.41. The van der Waals surface area contributed by atoms with E-state index < -0.39 is 4.92 Å². The van der Waals surface area contributed by atoms with Gasteiger partial charge in [0.25, 0.3) is 5.69 Å². The van der Waals surface area contributed by atoms with Gasteiger partial charge in [0.2, 0.25) is 0 Å². The Morgan fingerprint density at radius 1 is 0.733 bits per heavy atom. The predicted molar refractivity (Wildman–Crippen MR) is 115 cm³/mol. The highest BCUT2D eigenvalue weighted by Crippen LogP contribution is 2.41. The van der Waals surface area contributed by atoms with Crippen LogP contribution in [-0.4, -0.2) is 4.92 Å². The van der Waals surface area contributed by atoms with Crippen LogP contribution >= 0.6 is 0 Å². The van der Waals surface area contributed by atoms with Crippen molar-refractivity contribution < 1.29 is 4.92 Å². The Morgan fingerprint density at radius 3 is 2.03 bits per heavy atom. The Morgan fingerprint density at radius 2 is 1.37 bits per heavy atom. The van der Waals surface area contributed by atoms with Crippen molar-refractivity contribution in [3.8, 4) is 12.1 Å². The second kappa shape index (κ2) is 7.75. The second-order valence-corrected chi connectivity index (χ2v) is 6.57. The third kappa shape index (κ3) is 3.30. The van der Waals surface area contributed by atoms with E-state index in [1.54, 1.807) is 4.90 Å². The maximum atomic E-state index is 11.9. The number of nitro groups is 1. The minimum atomic E-state index is -0.533. The van der Waals surface area contributed by atoms with E-state index in [0.717, 1.165) is 16.8 Å². The molecule has 6 heteroatoms. The number of benzene rings is 4. The van der Waals surface area contributed by atoms with Gasteiger partial charge >= 0.3 is 0 Å². The molecule has 0 N–H and O–H groups in total. The Hall–Kier alpha value is -4.68. The van der Waals surface area contributed by atoms with Crippen LogP contribution in [0.1, 0.15) is 11.1 Å². The van der Waals surface area contributed by atoms with Crippen LogP contribution in [0.15, 0.2) is 84.9 Å².